The fraction of sp³-hybridized carbons (Fsp3) is 0.632. The summed E-state index contributed by atoms with van der Waals surface area (Å²) in [5.74, 6) is 0.629. The van der Waals surface area contributed by atoms with E-state index in [0.29, 0.717) is 37.5 Å². The molecule has 0 bridgehead atoms. The highest BCUT2D eigenvalue weighted by Crippen LogP contribution is 2.41. The van der Waals surface area contributed by atoms with Gasteiger partial charge in [-0.25, -0.2) is 5.14 Å². The van der Waals surface area contributed by atoms with Crippen LogP contribution in [0.25, 0.3) is 0 Å². The summed E-state index contributed by atoms with van der Waals surface area (Å²) in [4.78, 5) is 2.30. The van der Waals surface area contributed by atoms with Crippen LogP contribution in [0, 0.1) is 11.3 Å². The van der Waals surface area contributed by atoms with Crippen molar-refractivity contribution < 1.29 is 8.42 Å². The lowest BCUT2D eigenvalue weighted by molar-refractivity contribution is -0.0255. The van der Waals surface area contributed by atoms with Gasteiger partial charge in [0.05, 0.1) is 18.0 Å². The topological polar surface area (TPSA) is 102 Å². The minimum Gasteiger partial charge on any atom is -0.311 e. The van der Waals surface area contributed by atoms with Crippen LogP contribution in [-0.4, -0.2) is 61.4 Å². The highest BCUT2D eigenvalue weighted by molar-refractivity contribution is 7.86. The molecule has 1 aromatic carbocycles. The number of nitrogens with zero attached hydrogens (tertiary/aromatic N) is 3. The highest BCUT2D eigenvalue weighted by Gasteiger charge is 2.51. The van der Waals surface area contributed by atoms with Crippen LogP contribution >= 0.6 is 0 Å². The van der Waals surface area contributed by atoms with E-state index in [1.165, 1.54) is 16.3 Å². The van der Waals surface area contributed by atoms with Crippen LogP contribution in [-0.2, 0) is 10.2 Å². The molecule has 8 heteroatoms. The second-order valence-electron chi connectivity index (χ2n) is 8.16. The van der Waals surface area contributed by atoms with Gasteiger partial charge in [-0.05, 0) is 24.8 Å². The average Bonchev–Trinajstić information content (AvgIpc) is 3.37. The quantitative estimate of drug-likeness (QED) is 0.748. The number of hydrogen-bond donors (Lipinski definition) is 2. The van der Waals surface area contributed by atoms with Gasteiger partial charge >= 0.3 is 0 Å². The molecule has 0 spiro atoms. The van der Waals surface area contributed by atoms with E-state index < -0.39 is 10.2 Å². The predicted octanol–water partition coefficient (Wildman–Crippen LogP) is 0.768. The minimum absolute atomic E-state index is 0.330. The summed E-state index contributed by atoms with van der Waals surface area (Å²) in [6, 6.07) is 14.0. The van der Waals surface area contributed by atoms with E-state index in [2.05, 4.69) is 46.6 Å². The lowest BCUT2D eigenvalue weighted by Gasteiger charge is -2.55. The van der Waals surface area contributed by atoms with Crippen molar-refractivity contribution in [2.24, 2.45) is 5.14 Å². The summed E-state index contributed by atoms with van der Waals surface area (Å²) in [7, 11) is -3.66. The van der Waals surface area contributed by atoms with Gasteiger partial charge < -0.3 is 5.32 Å². The van der Waals surface area contributed by atoms with Gasteiger partial charge in [-0.1, -0.05) is 30.3 Å². The van der Waals surface area contributed by atoms with Crippen LogP contribution in [0.4, 0.5) is 0 Å². The molecule has 1 saturated carbocycles. The Hall–Kier alpha value is -1.50. The maximum absolute atomic E-state index is 11.5. The summed E-state index contributed by atoms with van der Waals surface area (Å²) in [6.45, 7) is 2.44. The number of nitriles is 1. The van der Waals surface area contributed by atoms with Crippen LogP contribution in [0.2, 0.25) is 0 Å². The number of hydrogen-bond acceptors (Lipinski definition) is 5. The van der Waals surface area contributed by atoms with Gasteiger partial charge in [0.25, 0.3) is 10.2 Å². The molecule has 4 rings (SSSR count). The Bertz CT molecular complexity index is 808. The molecule has 7 nitrogen and oxygen atoms in total. The van der Waals surface area contributed by atoms with Crippen LogP contribution in [0.15, 0.2) is 30.3 Å². The Morgan fingerprint density at radius 3 is 2.48 bits per heavy atom. The van der Waals surface area contributed by atoms with E-state index in [-0.39, 0.29) is 5.54 Å². The predicted molar refractivity (Wildman–Crippen MR) is 103 cm³/mol. The van der Waals surface area contributed by atoms with Crippen LogP contribution < -0.4 is 10.5 Å². The van der Waals surface area contributed by atoms with Crippen molar-refractivity contribution >= 4 is 10.2 Å². The maximum Gasteiger partial charge on any atom is 0.277 e. The molecule has 146 valence electrons. The molecule has 2 saturated heterocycles. The number of rotatable bonds is 6. The van der Waals surface area contributed by atoms with Crippen LogP contribution in [0.3, 0.4) is 0 Å². The van der Waals surface area contributed by atoms with E-state index in [1.807, 2.05) is 0 Å². The van der Waals surface area contributed by atoms with Crippen molar-refractivity contribution in [2.45, 2.75) is 49.2 Å². The van der Waals surface area contributed by atoms with Gasteiger partial charge in [-0.3, -0.25) is 4.90 Å². The van der Waals surface area contributed by atoms with Crippen molar-refractivity contribution in [3.63, 3.8) is 0 Å². The van der Waals surface area contributed by atoms with Gasteiger partial charge in [-0.15, -0.1) is 0 Å². The summed E-state index contributed by atoms with van der Waals surface area (Å²) in [6.07, 6.45) is 3.60. The molecule has 3 fully saturated rings. The summed E-state index contributed by atoms with van der Waals surface area (Å²) in [5, 5.41) is 18.2. The zero-order valence-corrected chi connectivity index (χ0v) is 16.2. The number of nitrogens with two attached hydrogens (primary N) is 1. The van der Waals surface area contributed by atoms with E-state index >= 15 is 0 Å². The minimum atomic E-state index is -3.66. The monoisotopic (exact) mass is 389 g/mol. The maximum atomic E-state index is 11.5. The third-order valence-corrected chi connectivity index (χ3v) is 7.32. The SMILES string of the molecule is N#CCC1(N2CCC(N[C@H]3C[C@H]3c3ccccc3)CC2)CN(S(N)(=O)=O)C1. The van der Waals surface area contributed by atoms with Gasteiger partial charge in [0.2, 0.25) is 0 Å². The summed E-state index contributed by atoms with van der Waals surface area (Å²) in [5.41, 5.74) is 1.05. The zero-order valence-electron chi connectivity index (χ0n) is 15.4. The lowest BCUT2D eigenvalue weighted by atomic mass is 9.84. The van der Waals surface area contributed by atoms with Gasteiger partial charge in [-0.2, -0.15) is 18.0 Å². The lowest BCUT2D eigenvalue weighted by Crippen LogP contribution is -2.73. The Morgan fingerprint density at radius 1 is 1.22 bits per heavy atom. The van der Waals surface area contributed by atoms with Crippen LogP contribution in [0.5, 0.6) is 0 Å². The highest BCUT2D eigenvalue weighted by atomic mass is 32.2. The first-order valence-corrected chi connectivity index (χ1v) is 11.1. The largest absolute Gasteiger partial charge is 0.311 e. The summed E-state index contributed by atoms with van der Waals surface area (Å²) >= 11 is 0. The molecule has 2 atom stereocenters. The van der Waals surface area contributed by atoms with Crippen molar-refractivity contribution in [3.8, 4) is 6.07 Å². The Kier molecular flexibility index (Phi) is 4.99. The molecule has 0 unspecified atom stereocenters. The standard InChI is InChI=1S/C19H27N5O2S/c20-9-8-19(13-24(14-19)27(21,25)26)23-10-6-16(7-11-23)22-18-12-17(18)15-4-2-1-3-5-15/h1-5,16-18,22H,6-8,10-14H2,(H2,21,25,26)/t17-,18-/m0/s1. The molecule has 2 heterocycles. The molecule has 27 heavy (non-hydrogen) atoms. The first-order chi connectivity index (χ1) is 12.9. The second-order valence-corrected chi connectivity index (χ2v) is 9.71. The van der Waals surface area contributed by atoms with E-state index in [1.54, 1.807) is 0 Å². The second kappa shape index (κ2) is 7.15. The van der Waals surface area contributed by atoms with Crippen molar-refractivity contribution in [1.29, 1.82) is 5.26 Å². The average molecular weight is 390 g/mol. The molecular weight excluding hydrogens is 362 g/mol. The fourth-order valence-electron chi connectivity index (χ4n) is 4.63. The molecule has 3 aliphatic rings. The number of nitrogens with one attached hydrogen (secondary N) is 1. The molecule has 0 amide bonds. The Balaban J connectivity index is 1.28. The number of piperidine rings is 1. The van der Waals surface area contributed by atoms with Crippen molar-refractivity contribution in [1.82, 2.24) is 14.5 Å². The van der Waals surface area contributed by atoms with Gasteiger partial charge in [0.15, 0.2) is 0 Å². The first-order valence-electron chi connectivity index (χ1n) is 9.62. The van der Waals surface area contributed by atoms with E-state index in [9.17, 15) is 13.7 Å². The molecule has 0 radical (unpaired) electrons. The Labute approximate surface area is 161 Å². The third-order valence-electron chi connectivity index (χ3n) is 6.34. The Morgan fingerprint density at radius 2 is 1.89 bits per heavy atom. The smallest absolute Gasteiger partial charge is 0.277 e. The molecular formula is C19H27N5O2S. The number of benzene rings is 1. The van der Waals surface area contributed by atoms with E-state index in [4.69, 9.17) is 5.14 Å². The molecule has 0 aromatic heterocycles. The number of likely N-dealkylation sites (tertiary alicyclic amines) is 1. The molecule has 1 aliphatic carbocycles. The molecule has 1 aromatic rings. The fourth-order valence-corrected chi connectivity index (χ4v) is 5.47. The molecule has 3 N–H and O–H groups in total. The first kappa shape index (κ1) is 18.8. The van der Waals surface area contributed by atoms with Gasteiger partial charge in [0, 0.05) is 44.2 Å². The van der Waals surface area contributed by atoms with Gasteiger partial charge in [0.1, 0.15) is 0 Å². The summed E-state index contributed by atoms with van der Waals surface area (Å²) < 4.78 is 24.3. The van der Waals surface area contributed by atoms with E-state index in [0.717, 1.165) is 25.9 Å². The van der Waals surface area contributed by atoms with Crippen LogP contribution in [0.1, 0.15) is 37.2 Å². The zero-order chi connectivity index (χ0) is 19.1. The van der Waals surface area contributed by atoms with Crippen molar-refractivity contribution in [2.75, 3.05) is 26.2 Å². The third kappa shape index (κ3) is 3.89. The van der Waals surface area contributed by atoms with Crippen molar-refractivity contribution in [3.05, 3.63) is 35.9 Å². The normalized spacial score (nSPS) is 29.0. The molecule has 2 aliphatic heterocycles.